The summed E-state index contributed by atoms with van der Waals surface area (Å²) in [6.07, 6.45) is 2.75. The molecule has 1 aromatic heterocycles. The van der Waals surface area contributed by atoms with Crippen LogP contribution in [0.4, 0.5) is 0 Å². The maximum Gasteiger partial charge on any atom is 0.256 e. The number of aromatic nitrogens is 1. The van der Waals surface area contributed by atoms with Crippen LogP contribution in [-0.4, -0.2) is 39.0 Å². The molecule has 0 radical (unpaired) electrons. The number of para-hydroxylation sites is 1. The van der Waals surface area contributed by atoms with Crippen LogP contribution in [0.2, 0.25) is 0 Å². The average molecular weight is 406 g/mol. The monoisotopic (exact) mass is 405 g/mol. The predicted molar refractivity (Wildman–Crippen MR) is 116 cm³/mol. The molecule has 1 fully saturated rings. The molecule has 0 bridgehead atoms. The van der Waals surface area contributed by atoms with Crippen LogP contribution in [0.15, 0.2) is 54.7 Å². The smallest absolute Gasteiger partial charge is 0.256 e. The zero-order chi connectivity index (χ0) is 20.2. The molecule has 0 spiro atoms. The van der Waals surface area contributed by atoms with E-state index in [2.05, 4.69) is 30.2 Å². The maximum atomic E-state index is 13.2. The van der Waals surface area contributed by atoms with E-state index in [0.717, 1.165) is 23.1 Å². The van der Waals surface area contributed by atoms with Crippen molar-refractivity contribution in [1.29, 1.82) is 0 Å². The molecule has 3 aromatic rings. The van der Waals surface area contributed by atoms with E-state index < -0.39 is 6.04 Å². The Morgan fingerprint density at radius 1 is 1.17 bits per heavy atom. The van der Waals surface area contributed by atoms with Crippen LogP contribution in [0.3, 0.4) is 0 Å². The third kappa shape index (κ3) is 2.85. The first-order valence-corrected chi connectivity index (χ1v) is 10.8. The van der Waals surface area contributed by atoms with Gasteiger partial charge in [0.2, 0.25) is 5.91 Å². The number of carbonyl (C=O) groups is 2. The summed E-state index contributed by atoms with van der Waals surface area (Å²) in [4.78, 5) is 31.2. The predicted octanol–water partition coefficient (Wildman–Crippen LogP) is 3.88. The van der Waals surface area contributed by atoms with E-state index in [1.54, 1.807) is 16.7 Å². The number of carbonyl (C=O) groups excluding carboxylic acids is 2. The Bertz CT molecular complexity index is 1120. The summed E-state index contributed by atoms with van der Waals surface area (Å²) in [7, 11) is 0. The van der Waals surface area contributed by atoms with Gasteiger partial charge in [0, 0.05) is 34.0 Å². The zero-order valence-corrected chi connectivity index (χ0v) is 17.3. The van der Waals surface area contributed by atoms with Gasteiger partial charge in [0.05, 0.1) is 0 Å². The molecule has 2 aliphatic rings. The van der Waals surface area contributed by atoms with Crippen molar-refractivity contribution >= 4 is 34.5 Å². The zero-order valence-electron chi connectivity index (χ0n) is 16.4. The molecule has 0 saturated carbocycles. The molecule has 2 amide bonds. The standard InChI is InChI=1S/C23H23N3O2S/c1-23(2)19(26-21(28)16-8-3-4-9-17(16)22(26)29-23)20(27)24-12-11-14-13-25-18-10-6-5-7-15(14)18/h3-10,13,19,22,25H,11-12H2,1-2H3,(H,24,27)/t19-,22-/m1/s1. The van der Waals surface area contributed by atoms with E-state index in [4.69, 9.17) is 0 Å². The minimum atomic E-state index is -0.486. The van der Waals surface area contributed by atoms with E-state index in [0.29, 0.717) is 6.54 Å². The lowest BCUT2D eigenvalue weighted by atomic mass is 10.0. The lowest BCUT2D eigenvalue weighted by Gasteiger charge is -2.29. The first-order chi connectivity index (χ1) is 14.0. The number of aromatic amines is 1. The van der Waals surface area contributed by atoms with Crippen LogP contribution in [0.25, 0.3) is 10.9 Å². The molecule has 1 saturated heterocycles. The van der Waals surface area contributed by atoms with Gasteiger partial charge in [-0.1, -0.05) is 36.4 Å². The summed E-state index contributed by atoms with van der Waals surface area (Å²) in [6.45, 7) is 4.64. The number of amides is 2. The second-order valence-corrected chi connectivity index (χ2v) is 9.91. The van der Waals surface area contributed by atoms with Crippen LogP contribution in [0.1, 0.15) is 40.7 Å². The average Bonchev–Trinajstić information content (AvgIpc) is 3.32. The number of hydrogen-bond donors (Lipinski definition) is 2. The lowest BCUT2D eigenvalue weighted by Crippen LogP contribution is -2.52. The first-order valence-electron chi connectivity index (χ1n) is 9.89. The molecule has 0 aliphatic carbocycles. The van der Waals surface area contributed by atoms with Crippen molar-refractivity contribution in [2.24, 2.45) is 0 Å². The molecule has 3 heterocycles. The molecule has 2 N–H and O–H groups in total. The Balaban J connectivity index is 1.32. The van der Waals surface area contributed by atoms with Gasteiger partial charge in [0.1, 0.15) is 11.4 Å². The number of nitrogens with zero attached hydrogens (tertiary/aromatic N) is 1. The summed E-state index contributed by atoms with van der Waals surface area (Å²) in [5, 5.41) is 4.18. The van der Waals surface area contributed by atoms with Crippen molar-refractivity contribution in [2.45, 2.75) is 36.4 Å². The van der Waals surface area contributed by atoms with Crippen molar-refractivity contribution in [3.8, 4) is 0 Å². The Labute approximate surface area is 173 Å². The van der Waals surface area contributed by atoms with Crippen molar-refractivity contribution in [1.82, 2.24) is 15.2 Å². The third-order valence-corrected chi connectivity index (χ3v) is 7.45. The summed E-state index contributed by atoms with van der Waals surface area (Å²) >= 11 is 1.69. The molecule has 2 aromatic carbocycles. The van der Waals surface area contributed by atoms with E-state index in [1.165, 1.54) is 10.9 Å². The molecule has 2 aliphatic heterocycles. The Kier molecular flexibility index (Phi) is 4.21. The number of hydrogen-bond acceptors (Lipinski definition) is 3. The Morgan fingerprint density at radius 2 is 1.93 bits per heavy atom. The minimum Gasteiger partial charge on any atom is -0.361 e. The molecular weight excluding hydrogens is 382 g/mol. The number of benzene rings is 2. The molecule has 148 valence electrons. The Hall–Kier alpha value is -2.73. The minimum absolute atomic E-state index is 0.0412. The van der Waals surface area contributed by atoms with Crippen molar-refractivity contribution in [2.75, 3.05) is 6.54 Å². The van der Waals surface area contributed by atoms with Crippen LogP contribution in [0, 0.1) is 0 Å². The highest BCUT2D eigenvalue weighted by atomic mass is 32.2. The quantitative estimate of drug-likeness (QED) is 0.692. The first kappa shape index (κ1) is 18.3. The van der Waals surface area contributed by atoms with Crippen molar-refractivity contribution < 1.29 is 9.59 Å². The van der Waals surface area contributed by atoms with Crippen LogP contribution >= 0.6 is 11.8 Å². The lowest BCUT2D eigenvalue weighted by molar-refractivity contribution is -0.126. The summed E-state index contributed by atoms with van der Waals surface area (Å²) < 4.78 is -0.348. The van der Waals surface area contributed by atoms with Crippen molar-refractivity contribution in [3.63, 3.8) is 0 Å². The number of thioether (sulfide) groups is 1. The van der Waals surface area contributed by atoms with E-state index in [9.17, 15) is 9.59 Å². The largest absolute Gasteiger partial charge is 0.361 e. The van der Waals surface area contributed by atoms with Gasteiger partial charge in [-0.15, -0.1) is 11.8 Å². The highest BCUT2D eigenvalue weighted by Gasteiger charge is 2.57. The fourth-order valence-electron chi connectivity index (χ4n) is 4.56. The van der Waals surface area contributed by atoms with E-state index in [1.807, 2.05) is 48.7 Å². The molecule has 29 heavy (non-hydrogen) atoms. The molecular formula is C23H23N3O2S. The van der Waals surface area contributed by atoms with Gasteiger partial charge in [-0.05, 0) is 43.5 Å². The van der Waals surface area contributed by atoms with Gasteiger partial charge in [-0.3, -0.25) is 9.59 Å². The van der Waals surface area contributed by atoms with Gasteiger partial charge in [-0.2, -0.15) is 0 Å². The maximum absolute atomic E-state index is 13.2. The van der Waals surface area contributed by atoms with Crippen LogP contribution < -0.4 is 5.32 Å². The normalized spacial score (nSPS) is 22.0. The number of fused-ring (bicyclic) bond motifs is 4. The molecule has 0 unspecified atom stereocenters. The van der Waals surface area contributed by atoms with E-state index in [-0.39, 0.29) is 21.9 Å². The van der Waals surface area contributed by atoms with Gasteiger partial charge >= 0.3 is 0 Å². The summed E-state index contributed by atoms with van der Waals surface area (Å²) in [5.41, 5.74) is 4.02. The fourth-order valence-corrected chi connectivity index (χ4v) is 6.15. The van der Waals surface area contributed by atoms with Crippen LogP contribution in [-0.2, 0) is 11.2 Å². The van der Waals surface area contributed by atoms with Gasteiger partial charge in [-0.25, -0.2) is 0 Å². The second kappa shape index (κ2) is 6.66. The topological polar surface area (TPSA) is 65.2 Å². The number of rotatable bonds is 4. The highest BCUT2D eigenvalue weighted by molar-refractivity contribution is 8.01. The fraction of sp³-hybridized carbons (Fsp3) is 0.304. The van der Waals surface area contributed by atoms with E-state index >= 15 is 0 Å². The SMILES string of the molecule is CC1(C)S[C@@H]2c3ccccc3C(=O)N2[C@@H]1C(=O)NCCc1c[nH]c2ccccc12. The van der Waals surface area contributed by atoms with Crippen molar-refractivity contribution in [3.05, 3.63) is 71.4 Å². The number of nitrogens with one attached hydrogen (secondary N) is 2. The van der Waals surface area contributed by atoms with Gasteiger partial charge in [0.15, 0.2) is 0 Å². The molecule has 6 heteroatoms. The third-order valence-electron chi connectivity index (χ3n) is 5.91. The molecule has 5 nitrogen and oxygen atoms in total. The van der Waals surface area contributed by atoms with Crippen LogP contribution in [0.5, 0.6) is 0 Å². The molecule has 2 atom stereocenters. The second-order valence-electron chi connectivity index (χ2n) is 8.18. The van der Waals surface area contributed by atoms with Gasteiger partial charge in [0.25, 0.3) is 5.91 Å². The number of H-pyrrole nitrogens is 1. The molecule has 5 rings (SSSR count). The summed E-state index contributed by atoms with van der Waals surface area (Å²) in [5.74, 6) is -0.119. The Morgan fingerprint density at radius 3 is 2.79 bits per heavy atom. The van der Waals surface area contributed by atoms with Gasteiger partial charge < -0.3 is 15.2 Å². The summed E-state index contributed by atoms with van der Waals surface area (Å²) in [6, 6.07) is 15.4. The highest BCUT2D eigenvalue weighted by Crippen LogP contribution is 2.56.